The van der Waals surface area contributed by atoms with Crippen molar-refractivity contribution in [3.8, 4) is 0 Å². The lowest BCUT2D eigenvalue weighted by molar-refractivity contribution is 1.26. The van der Waals surface area contributed by atoms with Gasteiger partial charge in [0.2, 0.25) is 0 Å². The molecule has 0 saturated heterocycles. The molecule has 0 aliphatic rings. The molecule has 5 nitrogen and oxygen atoms in total. The first-order valence-corrected chi connectivity index (χ1v) is 0.733. The van der Waals surface area contributed by atoms with E-state index in [2.05, 4.69) is 11.7 Å². The Balaban J connectivity index is 0. The maximum Gasteiger partial charge on any atom is -0.255 e. The van der Waals surface area contributed by atoms with Crippen LogP contribution < -0.4 is 11.7 Å². The quantitative estimate of drug-likeness (QED) is 0.135. The summed E-state index contributed by atoms with van der Waals surface area (Å²) in [6.07, 6.45) is 0. The standard InChI is InChI=1S/N3.H4N2/c1-3-2;1-2/h;1-2H2/q-1;. The van der Waals surface area contributed by atoms with Crippen LogP contribution in [0.3, 0.4) is 0 Å². The normalized spacial score (nSPS) is 2.80. The Morgan fingerprint density at radius 3 is 1.20 bits per heavy atom. The van der Waals surface area contributed by atoms with Gasteiger partial charge in [-0.25, -0.2) is 0 Å². The van der Waals surface area contributed by atoms with Gasteiger partial charge in [0, 0.05) is 0 Å². The van der Waals surface area contributed by atoms with E-state index in [9.17, 15) is 0 Å². The van der Waals surface area contributed by atoms with Gasteiger partial charge in [0.05, 0.1) is 0 Å². The van der Waals surface area contributed by atoms with Gasteiger partial charge in [0.1, 0.15) is 0 Å². The second-order valence-corrected chi connectivity index (χ2v) is 0.0894. The molecule has 0 aliphatic carbocycles. The predicted octanol–water partition coefficient (Wildman–Crippen LogP) is -0.315. The van der Waals surface area contributed by atoms with Crippen LogP contribution in [0, 0.1) is 0 Å². The number of hydrogen-bond acceptors (Lipinski definition) is 2. The van der Waals surface area contributed by atoms with Crippen LogP contribution in [0.15, 0.2) is 0 Å². The molecule has 0 unspecified atom stereocenters. The molecule has 4 N–H and O–H groups in total. The zero-order valence-corrected chi connectivity index (χ0v) is 2.50. The average Bonchev–Trinajstić information content (AvgIpc) is 1.46. The zero-order chi connectivity index (χ0) is 4.71. The van der Waals surface area contributed by atoms with Crippen LogP contribution >= 0.6 is 0 Å². The largest absolute Gasteiger partial charge is 0.373 e. The van der Waals surface area contributed by atoms with E-state index in [4.69, 9.17) is 11.1 Å². The smallest absolute Gasteiger partial charge is 0.255 e. The molecule has 0 saturated carbocycles. The van der Waals surface area contributed by atoms with Crippen LogP contribution in [0.4, 0.5) is 0 Å². The van der Waals surface area contributed by atoms with Gasteiger partial charge in [-0.15, -0.1) is 0 Å². The summed E-state index contributed by atoms with van der Waals surface area (Å²) in [5, 5.41) is 0. The fraction of sp³-hybridized carbons (Fsp3) is 0. The van der Waals surface area contributed by atoms with Crippen molar-refractivity contribution in [2.75, 3.05) is 0 Å². The molecule has 0 radical (unpaired) electrons. The maximum absolute atomic E-state index is 6.75. The second-order valence-electron chi connectivity index (χ2n) is 0.0894. The van der Waals surface area contributed by atoms with Crippen LogP contribution in [-0.4, -0.2) is 0 Å². The summed E-state index contributed by atoms with van der Waals surface area (Å²) in [6.45, 7) is 0. The second kappa shape index (κ2) is 304. The Morgan fingerprint density at radius 1 is 1.20 bits per heavy atom. The lowest BCUT2D eigenvalue weighted by Gasteiger charge is -1.31. The molecule has 0 heterocycles. The summed E-state index contributed by atoms with van der Waals surface area (Å²) >= 11 is 0. The van der Waals surface area contributed by atoms with E-state index in [1.54, 1.807) is 0 Å². The van der Waals surface area contributed by atoms with Gasteiger partial charge >= 0.3 is 0 Å². The molecule has 0 aromatic heterocycles. The lowest BCUT2D eigenvalue weighted by Crippen LogP contribution is -2.02. The Labute approximate surface area is 29.0 Å². The van der Waals surface area contributed by atoms with Crippen molar-refractivity contribution in [3.63, 3.8) is 0 Å². The topological polar surface area (TPSA) is 111 Å². The summed E-state index contributed by atoms with van der Waals surface area (Å²) in [4.78, 5) is 1.50. The van der Waals surface area contributed by atoms with Crippen molar-refractivity contribution in [1.29, 1.82) is 0 Å². The van der Waals surface area contributed by atoms with Gasteiger partial charge in [-0.3, -0.25) is 16.6 Å². The Morgan fingerprint density at radius 2 is 1.20 bits per heavy atom. The highest BCUT2D eigenvalue weighted by Gasteiger charge is 0.726. The minimum absolute atomic E-state index is 1.50. The van der Waals surface area contributed by atoms with Crippen LogP contribution in [0.5, 0.6) is 0 Å². The van der Waals surface area contributed by atoms with Gasteiger partial charge in [-0.05, 0) is 0 Å². The van der Waals surface area contributed by atoms with Gasteiger partial charge in [0.25, 0.3) is 0 Å². The Kier molecular flexibility index (Phi) is 539. The molecule has 0 aliphatic heterocycles. The first kappa shape index (κ1) is 8.87. The summed E-state index contributed by atoms with van der Waals surface area (Å²) < 4.78 is 0. The molecule has 30 valence electrons. The van der Waals surface area contributed by atoms with Gasteiger partial charge in [-0.1, -0.05) is 0 Å². The SMILES string of the molecule is NN.[N-]=[N+]=[N-]. The number of nitrogens with zero attached hydrogens (tertiary/aromatic N) is 3. The summed E-state index contributed by atoms with van der Waals surface area (Å²) in [6, 6.07) is 0. The van der Waals surface area contributed by atoms with Crippen molar-refractivity contribution in [3.05, 3.63) is 16.0 Å². The molecule has 0 aromatic rings. The van der Waals surface area contributed by atoms with E-state index in [-0.39, 0.29) is 0 Å². The summed E-state index contributed by atoms with van der Waals surface area (Å²) in [5.74, 6) is 8.00. The summed E-state index contributed by atoms with van der Waals surface area (Å²) in [5.41, 5.74) is 13.5. The van der Waals surface area contributed by atoms with E-state index < -0.39 is 0 Å². The third kappa shape index (κ3) is 8.24. The molecule has 0 spiro atoms. The van der Waals surface area contributed by atoms with Crippen molar-refractivity contribution < 1.29 is 0 Å². The Hall–Kier alpha value is -0.770. The highest BCUT2D eigenvalue weighted by atomic mass is 15.0. The highest BCUT2D eigenvalue weighted by Crippen LogP contribution is 1.29. The van der Waals surface area contributed by atoms with Crippen LogP contribution in [-0.2, 0) is 0 Å². The average molecular weight is 74.1 g/mol. The monoisotopic (exact) mass is 74.0 g/mol. The molecular formula is H4N5-. The highest BCUT2D eigenvalue weighted by molar-refractivity contribution is 4.36. The third-order valence-corrected chi connectivity index (χ3v) is 0. The van der Waals surface area contributed by atoms with Gasteiger partial charge in [0.15, 0.2) is 0 Å². The van der Waals surface area contributed by atoms with E-state index >= 15 is 0 Å². The van der Waals surface area contributed by atoms with Crippen molar-refractivity contribution >= 4 is 0 Å². The molecule has 0 amide bonds. The van der Waals surface area contributed by atoms with E-state index in [0.29, 0.717) is 0 Å². The molecule has 0 fully saturated rings. The molecule has 0 atom stereocenters. The minimum atomic E-state index is 1.50. The molecule has 5 heavy (non-hydrogen) atoms. The van der Waals surface area contributed by atoms with Crippen molar-refractivity contribution in [2.24, 2.45) is 11.7 Å². The fourth-order valence-electron chi connectivity index (χ4n) is 0. The van der Waals surface area contributed by atoms with Gasteiger partial charge < -0.3 is 11.1 Å². The van der Waals surface area contributed by atoms with Crippen LogP contribution in [0.1, 0.15) is 0 Å². The summed E-state index contributed by atoms with van der Waals surface area (Å²) in [7, 11) is 0. The Bertz CT molecular complexity index is 21.0. The lowest BCUT2D eigenvalue weighted by atomic mass is 13.0. The maximum atomic E-state index is 6.75. The first-order chi connectivity index (χ1) is 2.41. The zero-order valence-electron chi connectivity index (χ0n) is 2.50. The van der Waals surface area contributed by atoms with E-state index in [1.807, 2.05) is 0 Å². The van der Waals surface area contributed by atoms with Crippen LogP contribution in [0.25, 0.3) is 16.0 Å². The molecule has 0 bridgehead atoms. The molecular weight excluding hydrogens is 70.0 g/mol. The number of nitrogens with two attached hydrogens (primary N) is 2. The number of rotatable bonds is 0. The number of hydrazine groups is 1. The number of hydrogen-bond donors (Lipinski definition) is 2. The fourth-order valence-corrected chi connectivity index (χ4v) is 0. The minimum Gasteiger partial charge on any atom is -0.373 e. The van der Waals surface area contributed by atoms with E-state index in [0.717, 1.165) is 0 Å². The molecule has 0 aromatic carbocycles. The first-order valence-electron chi connectivity index (χ1n) is 0.733. The predicted molar refractivity (Wildman–Crippen MR) is 18.5 cm³/mol. The molecule has 5 heteroatoms. The molecule has 0 rings (SSSR count). The van der Waals surface area contributed by atoms with Crippen molar-refractivity contribution in [2.45, 2.75) is 0 Å². The third-order valence-electron chi connectivity index (χ3n) is 0. The van der Waals surface area contributed by atoms with E-state index in [1.165, 1.54) is 4.91 Å². The van der Waals surface area contributed by atoms with Crippen molar-refractivity contribution in [1.82, 2.24) is 0 Å². The van der Waals surface area contributed by atoms with Gasteiger partial charge in [-0.2, -0.15) is 0 Å². The van der Waals surface area contributed by atoms with Crippen LogP contribution in [0.2, 0.25) is 0 Å².